The molecule has 1 aliphatic heterocycles. The first-order valence-electron chi connectivity index (χ1n) is 5.29. The lowest BCUT2D eigenvalue weighted by atomic mass is 10.0. The van der Waals surface area contributed by atoms with Crippen LogP contribution in [0.5, 0.6) is 11.5 Å². The van der Waals surface area contributed by atoms with Gasteiger partial charge in [0, 0.05) is 12.0 Å². The molecule has 2 rings (SSSR count). The second-order valence-corrected chi connectivity index (χ2v) is 3.57. The van der Waals surface area contributed by atoms with Gasteiger partial charge in [-0.05, 0) is 13.0 Å². The number of aliphatic imine (C=N–C) groups is 1. The predicted octanol–water partition coefficient (Wildman–Crippen LogP) is 1.72. The first-order chi connectivity index (χ1) is 7.85. The molecule has 0 fully saturated rings. The quantitative estimate of drug-likeness (QED) is 0.574. The van der Waals surface area contributed by atoms with Crippen LogP contribution in [0.1, 0.15) is 12.5 Å². The van der Waals surface area contributed by atoms with E-state index in [0.29, 0.717) is 19.6 Å². The van der Waals surface area contributed by atoms with Gasteiger partial charge >= 0.3 is 0 Å². The fraction of sp³-hybridized carbons (Fsp3) is 0.417. The molecule has 1 aromatic carbocycles. The highest BCUT2D eigenvalue weighted by molar-refractivity contribution is 5.48. The molecule has 1 aromatic rings. The summed E-state index contributed by atoms with van der Waals surface area (Å²) in [4.78, 5) is 13.9. The maximum atomic E-state index is 10.2. The van der Waals surface area contributed by atoms with Gasteiger partial charge < -0.3 is 9.47 Å². The molecular formula is C12H13NO3. The molecule has 1 heterocycles. The normalized spacial score (nSPS) is 17.9. The Kier molecular flexibility index (Phi) is 3.22. The summed E-state index contributed by atoms with van der Waals surface area (Å²) in [5.74, 6) is 1.54. The maximum absolute atomic E-state index is 10.2. The summed E-state index contributed by atoms with van der Waals surface area (Å²) >= 11 is 0. The second kappa shape index (κ2) is 4.81. The Hall–Kier alpha value is -1.80. The number of isocyanates is 1. The average Bonchev–Trinajstić information content (AvgIpc) is 2.30. The summed E-state index contributed by atoms with van der Waals surface area (Å²) in [6.45, 7) is 2.95. The van der Waals surface area contributed by atoms with Crippen molar-refractivity contribution in [1.82, 2.24) is 0 Å². The number of nitrogens with zero attached hydrogens (tertiary/aromatic N) is 1. The van der Waals surface area contributed by atoms with E-state index < -0.39 is 0 Å². The lowest BCUT2D eigenvalue weighted by Crippen LogP contribution is -2.24. The van der Waals surface area contributed by atoms with Gasteiger partial charge in [-0.1, -0.05) is 12.1 Å². The molecule has 0 N–H and O–H groups in total. The van der Waals surface area contributed by atoms with E-state index in [9.17, 15) is 4.79 Å². The molecule has 0 spiro atoms. The Balaban J connectivity index is 2.26. The average molecular weight is 219 g/mol. The zero-order valence-corrected chi connectivity index (χ0v) is 9.10. The van der Waals surface area contributed by atoms with Crippen molar-refractivity contribution in [3.63, 3.8) is 0 Å². The van der Waals surface area contributed by atoms with Gasteiger partial charge in [0.2, 0.25) is 6.08 Å². The van der Waals surface area contributed by atoms with Crippen molar-refractivity contribution in [1.29, 1.82) is 0 Å². The van der Waals surface area contributed by atoms with E-state index >= 15 is 0 Å². The van der Waals surface area contributed by atoms with Gasteiger partial charge in [0.25, 0.3) is 0 Å². The van der Waals surface area contributed by atoms with Crippen LogP contribution in [0.15, 0.2) is 23.2 Å². The minimum atomic E-state index is -0.123. The molecule has 1 aliphatic rings. The van der Waals surface area contributed by atoms with Gasteiger partial charge in [-0.3, -0.25) is 0 Å². The Bertz CT molecular complexity index is 424. The molecule has 84 valence electrons. The van der Waals surface area contributed by atoms with Crippen molar-refractivity contribution >= 4 is 6.08 Å². The number of hydrogen-bond acceptors (Lipinski definition) is 4. The summed E-state index contributed by atoms with van der Waals surface area (Å²) in [6.07, 6.45) is 2.27. The summed E-state index contributed by atoms with van der Waals surface area (Å²) in [5, 5.41) is 0. The van der Waals surface area contributed by atoms with Crippen LogP contribution in [0.3, 0.4) is 0 Å². The molecule has 0 aliphatic carbocycles. The number of rotatable bonds is 3. The summed E-state index contributed by atoms with van der Waals surface area (Å²) in [7, 11) is 0. The molecule has 4 nitrogen and oxygen atoms in total. The summed E-state index contributed by atoms with van der Waals surface area (Å²) < 4.78 is 11.0. The van der Waals surface area contributed by atoms with Crippen molar-refractivity contribution in [3.8, 4) is 11.5 Å². The van der Waals surface area contributed by atoms with Crippen LogP contribution in [-0.2, 0) is 11.2 Å². The van der Waals surface area contributed by atoms with E-state index in [1.54, 1.807) is 6.08 Å². The Morgan fingerprint density at radius 1 is 1.62 bits per heavy atom. The number of carbonyl (C=O) groups excluding carboxylic acids is 1. The third-order valence-corrected chi connectivity index (χ3v) is 2.47. The number of fused-ring (bicyclic) bond motifs is 1. The Labute approximate surface area is 93.9 Å². The van der Waals surface area contributed by atoms with E-state index in [1.165, 1.54) is 0 Å². The van der Waals surface area contributed by atoms with Crippen LogP contribution in [-0.4, -0.2) is 25.3 Å². The summed E-state index contributed by atoms with van der Waals surface area (Å²) in [6, 6.07) is 5.64. The number of para-hydroxylation sites is 1. The van der Waals surface area contributed by atoms with Gasteiger partial charge in [0.1, 0.15) is 12.6 Å². The zero-order chi connectivity index (χ0) is 11.4. The molecule has 0 bridgehead atoms. The third-order valence-electron chi connectivity index (χ3n) is 2.47. The van der Waals surface area contributed by atoms with Gasteiger partial charge in [-0.15, -0.1) is 0 Å². The molecule has 4 heteroatoms. The van der Waals surface area contributed by atoms with Crippen LogP contribution in [0, 0.1) is 0 Å². The van der Waals surface area contributed by atoms with Gasteiger partial charge in [-0.2, -0.15) is 4.99 Å². The molecule has 0 aromatic heterocycles. The molecule has 1 unspecified atom stereocenters. The molecule has 16 heavy (non-hydrogen) atoms. The van der Waals surface area contributed by atoms with E-state index in [0.717, 1.165) is 17.1 Å². The fourth-order valence-corrected chi connectivity index (χ4v) is 1.80. The lowest BCUT2D eigenvalue weighted by Gasteiger charge is -2.23. The standard InChI is InChI=1S/C12H13NO3/c1-2-15-11-5-3-4-9-6-10(13-8-14)7-16-12(9)11/h3-5,10H,2,6-7H2,1H3. The van der Waals surface area contributed by atoms with Gasteiger partial charge in [0.05, 0.1) is 6.61 Å². The topological polar surface area (TPSA) is 47.9 Å². The highest BCUT2D eigenvalue weighted by Crippen LogP contribution is 2.35. The molecule has 1 atom stereocenters. The molecule has 0 saturated carbocycles. The van der Waals surface area contributed by atoms with Crippen LogP contribution >= 0.6 is 0 Å². The van der Waals surface area contributed by atoms with Crippen molar-refractivity contribution < 1.29 is 14.3 Å². The third kappa shape index (κ3) is 2.07. The van der Waals surface area contributed by atoms with Crippen molar-refractivity contribution in [2.24, 2.45) is 4.99 Å². The zero-order valence-electron chi connectivity index (χ0n) is 9.10. The lowest BCUT2D eigenvalue weighted by molar-refractivity contribution is 0.240. The highest BCUT2D eigenvalue weighted by atomic mass is 16.5. The first kappa shape index (κ1) is 10.7. The number of ether oxygens (including phenoxy) is 2. The second-order valence-electron chi connectivity index (χ2n) is 3.57. The smallest absolute Gasteiger partial charge is 0.235 e. The van der Waals surface area contributed by atoms with E-state index in [4.69, 9.17) is 9.47 Å². The van der Waals surface area contributed by atoms with Crippen LogP contribution in [0.2, 0.25) is 0 Å². The largest absolute Gasteiger partial charge is 0.490 e. The minimum absolute atomic E-state index is 0.123. The monoisotopic (exact) mass is 219 g/mol. The maximum Gasteiger partial charge on any atom is 0.235 e. The Morgan fingerprint density at radius 2 is 2.50 bits per heavy atom. The van der Waals surface area contributed by atoms with Crippen LogP contribution < -0.4 is 9.47 Å². The van der Waals surface area contributed by atoms with Crippen LogP contribution in [0.25, 0.3) is 0 Å². The number of hydrogen-bond donors (Lipinski definition) is 0. The van der Waals surface area contributed by atoms with Crippen LogP contribution in [0.4, 0.5) is 0 Å². The fourth-order valence-electron chi connectivity index (χ4n) is 1.80. The van der Waals surface area contributed by atoms with Crippen molar-refractivity contribution in [2.45, 2.75) is 19.4 Å². The molecular weight excluding hydrogens is 206 g/mol. The van der Waals surface area contributed by atoms with E-state index in [1.807, 2.05) is 25.1 Å². The number of benzene rings is 1. The van der Waals surface area contributed by atoms with E-state index in [2.05, 4.69) is 4.99 Å². The van der Waals surface area contributed by atoms with E-state index in [-0.39, 0.29) is 6.04 Å². The van der Waals surface area contributed by atoms with Crippen molar-refractivity contribution in [2.75, 3.05) is 13.2 Å². The Morgan fingerprint density at radius 3 is 3.25 bits per heavy atom. The molecule has 0 saturated heterocycles. The summed E-state index contributed by atoms with van der Waals surface area (Å²) in [5.41, 5.74) is 1.03. The van der Waals surface area contributed by atoms with Gasteiger partial charge in [-0.25, -0.2) is 4.79 Å². The molecule has 0 amide bonds. The first-order valence-corrected chi connectivity index (χ1v) is 5.29. The van der Waals surface area contributed by atoms with Crippen molar-refractivity contribution in [3.05, 3.63) is 23.8 Å². The minimum Gasteiger partial charge on any atom is -0.490 e. The highest BCUT2D eigenvalue weighted by Gasteiger charge is 2.22. The molecule has 0 radical (unpaired) electrons. The predicted molar refractivity (Wildman–Crippen MR) is 58.7 cm³/mol. The SMILES string of the molecule is CCOc1cccc2c1OCC(N=C=O)C2. The van der Waals surface area contributed by atoms with Gasteiger partial charge in [0.15, 0.2) is 11.5 Å².